The number of aryl methyl sites for hydroxylation is 1. The third kappa shape index (κ3) is 5.99. The van der Waals surface area contributed by atoms with Gasteiger partial charge in [-0.2, -0.15) is 0 Å². The zero-order valence-corrected chi connectivity index (χ0v) is 22.1. The van der Waals surface area contributed by atoms with Gasteiger partial charge in [-0.1, -0.05) is 74.6 Å². The van der Waals surface area contributed by atoms with Crippen LogP contribution < -0.4 is 5.56 Å². The standard InChI is InChI=1S/C30H38N6O/c1-3-10-28(29-32-33-34-36(29)26-13-8-5-9-14-26)35(18-17-23-11-6-4-7-12-23)21-25-20-24-19-22(2)15-16-27(24)31-30(25)37/h4,6-7,11-12,15-16,19-20,26,28H,3,5,8-10,13-14,17-18,21H2,1-2H3,(H,31,37)/t28-/m0/s1. The minimum Gasteiger partial charge on any atom is -0.322 e. The van der Waals surface area contributed by atoms with E-state index in [2.05, 4.69) is 86.4 Å². The lowest BCUT2D eigenvalue weighted by atomic mass is 9.95. The lowest BCUT2D eigenvalue weighted by Crippen LogP contribution is -2.35. The SMILES string of the molecule is CCC[C@@H](c1nnnn1C1CCCCC1)N(CCc1ccccc1)Cc1cc2cc(C)ccc2[nH]c1=O. The maximum Gasteiger partial charge on any atom is 0.252 e. The number of aromatic nitrogens is 5. The van der Waals surface area contributed by atoms with E-state index in [0.717, 1.165) is 60.9 Å². The summed E-state index contributed by atoms with van der Waals surface area (Å²) in [6.45, 7) is 5.66. The molecule has 1 aliphatic rings. The van der Waals surface area contributed by atoms with Gasteiger partial charge in [0.1, 0.15) is 0 Å². The summed E-state index contributed by atoms with van der Waals surface area (Å²) < 4.78 is 2.10. The maximum atomic E-state index is 13.2. The van der Waals surface area contributed by atoms with E-state index in [1.165, 1.54) is 30.4 Å². The maximum absolute atomic E-state index is 13.2. The molecule has 194 valence electrons. The first-order valence-corrected chi connectivity index (χ1v) is 13.8. The second-order valence-electron chi connectivity index (χ2n) is 10.5. The summed E-state index contributed by atoms with van der Waals surface area (Å²) in [5.41, 5.74) is 4.10. The average Bonchev–Trinajstić information content (AvgIpc) is 3.41. The second kappa shape index (κ2) is 11.8. The van der Waals surface area contributed by atoms with Crippen LogP contribution in [0.5, 0.6) is 0 Å². The lowest BCUT2D eigenvalue weighted by molar-refractivity contribution is 0.160. The Hall–Kier alpha value is -3.32. The number of fused-ring (bicyclic) bond motifs is 1. The molecule has 2 heterocycles. The molecule has 1 fully saturated rings. The molecule has 4 aromatic rings. The molecule has 1 atom stereocenters. The third-order valence-corrected chi connectivity index (χ3v) is 7.72. The molecule has 5 rings (SSSR count). The van der Waals surface area contributed by atoms with Crippen molar-refractivity contribution in [3.63, 3.8) is 0 Å². The van der Waals surface area contributed by atoms with Gasteiger partial charge in [0.05, 0.1) is 12.1 Å². The van der Waals surface area contributed by atoms with Crippen LogP contribution in [-0.2, 0) is 13.0 Å². The van der Waals surface area contributed by atoms with Gasteiger partial charge in [0.25, 0.3) is 5.56 Å². The molecule has 0 aliphatic heterocycles. The fraction of sp³-hybridized carbons (Fsp3) is 0.467. The third-order valence-electron chi connectivity index (χ3n) is 7.72. The first kappa shape index (κ1) is 25.3. The molecule has 2 aromatic carbocycles. The summed E-state index contributed by atoms with van der Waals surface area (Å²) in [5, 5.41) is 14.3. The van der Waals surface area contributed by atoms with E-state index >= 15 is 0 Å². The van der Waals surface area contributed by atoms with Crippen LogP contribution in [0.1, 0.15) is 86.5 Å². The highest BCUT2D eigenvalue weighted by atomic mass is 16.1. The highest BCUT2D eigenvalue weighted by Crippen LogP contribution is 2.32. The number of rotatable bonds is 10. The zero-order chi connectivity index (χ0) is 25.6. The van der Waals surface area contributed by atoms with Crippen LogP contribution in [0.2, 0.25) is 0 Å². The number of aromatic amines is 1. The summed E-state index contributed by atoms with van der Waals surface area (Å²) in [6, 6.07) is 19.2. The fourth-order valence-corrected chi connectivity index (χ4v) is 5.72. The Morgan fingerprint density at radius 3 is 2.68 bits per heavy atom. The van der Waals surface area contributed by atoms with Crippen LogP contribution in [0.25, 0.3) is 10.9 Å². The molecule has 2 aromatic heterocycles. The normalized spacial score (nSPS) is 15.4. The Bertz CT molecular complexity index is 1360. The Morgan fingerprint density at radius 2 is 1.89 bits per heavy atom. The molecule has 7 heteroatoms. The van der Waals surface area contributed by atoms with Crippen molar-refractivity contribution in [1.29, 1.82) is 0 Å². The van der Waals surface area contributed by atoms with E-state index in [4.69, 9.17) is 0 Å². The van der Waals surface area contributed by atoms with Gasteiger partial charge >= 0.3 is 0 Å². The first-order valence-electron chi connectivity index (χ1n) is 13.8. The number of nitrogens with zero attached hydrogens (tertiary/aromatic N) is 5. The van der Waals surface area contributed by atoms with E-state index in [0.29, 0.717) is 12.6 Å². The molecule has 0 spiro atoms. The van der Waals surface area contributed by atoms with E-state index < -0.39 is 0 Å². The monoisotopic (exact) mass is 498 g/mol. The molecule has 0 bridgehead atoms. The fourth-order valence-electron chi connectivity index (χ4n) is 5.72. The molecular formula is C30H38N6O. The number of H-pyrrole nitrogens is 1. The minimum atomic E-state index is -0.0248. The van der Waals surface area contributed by atoms with Crippen LogP contribution in [0.4, 0.5) is 0 Å². The smallest absolute Gasteiger partial charge is 0.252 e. The second-order valence-corrected chi connectivity index (χ2v) is 10.5. The van der Waals surface area contributed by atoms with E-state index in [-0.39, 0.29) is 11.6 Å². The summed E-state index contributed by atoms with van der Waals surface area (Å²) in [4.78, 5) is 18.7. The van der Waals surface area contributed by atoms with Crippen LogP contribution in [-0.4, -0.2) is 36.6 Å². The van der Waals surface area contributed by atoms with E-state index in [9.17, 15) is 4.79 Å². The topological polar surface area (TPSA) is 79.7 Å². The largest absolute Gasteiger partial charge is 0.322 e. The van der Waals surface area contributed by atoms with E-state index in [1.54, 1.807) is 0 Å². The minimum absolute atomic E-state index is 0.0248. The Balaban J connectivity index is 1.50. The Kier molecular flexibility index (Phi) is 8.09. The Morgan fingerprint density at radius 1 is 1.08 bits per heavy atom. The van der Waals surface area contributed by atoms with Crippen LogP contribution >= 0.6 is 0 Å². The van der Waals surface area contributed by atoms with Crippen molar-refractivity contribution in [1.82, 2.24) is 30.1 Å². The lowest BCUT2D eigenvalue weighted by Gasteiger charge is -2.32. The molecule has 0 radical (unpaired) electrons. The number of hydrogen-bond acceptors (Lipinski definition) is 5. The van der Waals surface area contributed by atoms with Crippen LogP contribution in [0.15, 0.2) is 59.4 Å². The van der Waals surface area contributed by atoms with Crippen molar-refractivity contribution in [2.75, 3.05) is 6.54 Å². The van der Waals surface area contributed by atoms with Crippen molar-refractivity contribution in [2.24, 2.45) is 0 Å². The van der Waals surface area contributed by atoms with Crippen LogP contribution in [0.3, 0.4) is 0 Å². The molecule has 0 unspecified atom stereocenters. The zero-order valence-electron chi connectivity index (χ0n) is 22.1. The summed E-state index contributed by atoms with van der Waals surface area (Å²) in [6.07, 6.45) is 8.85. The summed E-state index contributed by atoms with van der Waals surface area (Å²) in [7, 11) is 0. The molecular weight excluding hydrogens is 460 g/mol. The van der Waals surface area contributed by atoms with Crippen molar-refractivity contribution in [2.45, 2.75) is 83.8 Å². The Labute approximate surface area is 218 Å². The predicted octanol–water partition coefficient (Wildman–Crippen LogP) is 5.91. The van der Waals surface area contributed by atoms with Crippen molar-refractivity contribution >= 4 is 10.9 Å². The average molecular weight is 499 g/mol. The number of nitrogens with one attached hydrogen (secondary N) is 1. The summed E-state index contributed by atoms with van der Waals surface area (Å²) >= 11 is 0. The molecule has 37 heavy (non-hydrogen) atoms. The summed E-state index contributed by atoms with van der Waals surface area (Å²) in [5.74, 6) is 0.940. The van der Waals surface area contributed by atoms with Gasteiger partial charge in [0.2, 0.25) is 0 Å². The highest BCUT2D eigenvalue weighted by Gasteiger charge is 2.29. The van der Waals surface area contributed by atoms with Gasteiger partial charge in [-0.05, 0) is 72.2 Å². The quantitative estimate of drug-likeness (QED) is 0.294. The number of pyridine rings is 1. The van der Waals surface area contributed by atoms with Gasteiger partial charge in [-0.3, -0.25) is 9.69 Å². The van der Waals surface area contributed by atoms with Gasteiger partial charge in [-0.15, -0.1) is 5.10 Å². The van der Waals surface area contributed by atoms with Gasteiger partial charge in [0, 0.05) is 24.2 Å². The molecule has 1 saturated carbocycles. The highest BCUT2D eigenvalue weighted by molar-refractivity contribution is 5.79. The molecule has 0 saturated heterocycles. The van der Waals surface area contributed by atoms with E-state index in [1.807, 2.05) is 12.1 Å². The number of tetrazole rings is 1. The number of benzene rings is 2. The van der Waals surface area contributed by atoms with Gasteiger partial charge < -0.3 is 4.98 Å². The predicted molar refractivity (Wildman–Crippen MR) is 147 cm³/mol. The van der Waals surface area contributed by atoms with Crippen molar-refractivity contribution < 1.29 is 0 Å². The van der Waals surface area contributed by atoms with Crippen molar-refractivity contribution in [3.05, 3.63) is 87.5 Å². The first-order chi connectivity index (χ1) is 18.1. The molecule has 1 N–H and O–H groups in total. The molecule has 7 nitrogen and oxygen atoms in total. The molecule has 0 amide bonds. The van der Waals surface area contributed by atoms with Gasteiger partial charge in [-0.25, -0.2) is 4.68 Å². The molecule has 1 aliphatic carbocycles. The van der Waals surface area contributed by atoms with Crippen molar-refractivity contribution in [3.8, 4) is 0 Å². The van der Waals surface area contributed by atoms with Gasteiger partial charge in [0.15, 0.2) is 5.82 Å². The van der Waals surface area contributed by atoms with Crippen LogP contribution in [0, 0.1) is 6.92 Å². The number of hydrogen-bond donors (Lipinski definition) is 1.